The number of hydrogen-bond donors (Lipinski definition) is 2. The van der Waals surface area contributed by atoms with Gasteiger partial charge in [0.05, 0.1) is 11.7 Å². The van der Waals surface area contributed by atoms with Gasteiger partial charge in [0.2, 0.25) is 0 Å². The number of piperidine rings is 1. The predicted octanol–water partition coefficient (Wildman–Crippen LogP) is 1.48. The number of carbonyl (C=O) groups is 1. The van der Waals surface area contributed by atoms with Gasteiger partial charge in [-0.15, -0.1) is 0 Å². The summed E-state index contributed by atoms with van der Waals surface area (Å²) in [5.41, 5.74) is 0.580. The van der Waals surface area contributed by atoms with Crippen LogP contribution in [-0.2, 0) is 4.74 Å². The molecule has 0 aromatic carbocycles. The highest BCUT2D eigenvalue weighted by atomic mass is 16.5. The first-order chi connectivity index (χ1) is 9.25. The van der Waals surface area contributed by atoms with E-state index in [1.54, 1.807) is 6.07 Å². The van der Waals surface area contributed by atoms with E-state index in [2.05, 4.69) is 10.6 Å². The number of rotatable bonds is 6. The summed E-state index contributed by atoms with van der Waals surface area (Å²) in [4.78, 5) is 11.7. The van der Waals surface area contributed by atoms with Gasteiger partial charge in [0, 0.05) is 13.2 Å². The molecule has 0 unspecified atom stereocenters. The Hall–Kier alpha value is -1.33. The molecule has 0 spiro atoms. The van der Waals surface area contributed by atoms with Crippen molar-refractivity contribution in [3.63, 3.8) is 0 Å². The number of hydrogen-bond acceptors (Lipinski definition) is 4. The quantitative estimate of drug-likeness (QED) is 0.765. The normalized spacial score (nSPS) is 16.5. The topological polar surface area (TPSA) is 63.5 Å². The SMILES string of the molecule is Cc1cc(C(=O)NCCCOC2CCNCC2)co1. The number of amides is 1. The number of ether oxygens (including phenoxy) is 1. The van der Waals surface area contributed by atoms with E-state index in [1.807, 2.05) is 6.92 Å². The maximum atomic E-state index is 11.7. The fraction of sp³-hybridized carbons (Fsp3) is 0.643. The van der Waals surface area contributed by atoms with E-state index in [-0.39, 0.29) is 5.91 Å². The Morgan fingerprint density at radius 2 is 2.32 bits per heavy atom. The van der Waals surface area contributed by atoms with Crippen LogP contribution in [-0.4, -0.2) is 38.3 Å². The summed E-state index contributed by atoms with van der Waals surface area (Å²) in [5, 5.41) is 6.16. The third kappa shape index (κ3) is 4.69. The molecule has 1 amide bonds. The minimum absolute atomic E-state index is 0.0845. The van der Waals surface area contributed by atoms with E-state index in [4.69, 9.17) is 9.15 Å². The molecule has 1 aromatic rings. The summed E-state index contributed by atoms with van der Waals surface area (Å²) in [6, 6.07) is 1.74. The van der Waals surface area contributed by atoms with Crippen LogP contribution >= 0.6 is 0 Å². The summed E-state index contributed by atoms with van der Waals surface area (Å²) in [5.74, 6) is 0.665. The van der Waals surface area contributed by atoms with Gasteiger partial charge < -0.3 is 19.8 Å². The molecule has 0 aliphatic carbocycles. The van der Waals surface area contributed by atoms with Crippen molar-refractivity contribution in [1.29, 1.82) is 0 Å². The van der Waals surface area contributed by atoms with Gasteiger partial charge in [0.1, 0.15) is 12.0 Å². The van der Waals surface area contributed by atoms with Crippen molar-refractivity contribution in [3.05, 3.63) is 23.7 Å². The molecule has 1 aromatic heterocycles. The molecule has 2 rings (SSSR count). The van der Waals surface area contributed by atoms with E-state index in [0.717, 1.165) is 38.1 Å². The molecule has 2 N–H and O–H groups in total. The van der Waals surface area contributed by atoms with Crippen molar-refractivity contribution in [2.24, 2.45) is 0 Å². The van der Waals surface area contributed by atoms with Crippen LogP contribution in [0.25, 0.3) is 0 Å². The van der Waals surface area contributed by atoms with Crippen molar-refractivity contribution < 1.29 is 13.9 Å². The zero-order valence-corrected chi connectivity index (χ0v) is 11.4. The summed E-state index contributed by atoms with van der Waals surface area (Å²) in [6.45, 7) is 5.25. The van der Waals surface area contributed by atoms with Crippen LogP contribution in [0.2, 0.25) is 0 Å². The highest BCUT2D eigenvalue weighted by molar-refractivity contribution is 5.93. The first-order valence-electron chi connectivity index (χ1n) is 6.91. The van der Waals surface area contributed by atoms with Crippen molar-refractivity contribution in [1.82, 2.24) is 10.6 Å². The standard InChI is InChI=1S/C14H22N2O3/c1-11-9-12(10-19-11)14(17)16-5-2-8-18-13-3-6-15-7-4-13/h9-10,13,15H,2-8H2,1H3,(H,16,17). The Kier molecular flexibility index (Phi) is 5.42. The van der Waals surface area contributed by atoms with Crippen molar-refractivity contribution in [2.45, 2.75) is 32.3 Å². The Labute approximate surface area is 113 Å². The van der Waals surface area contributed by atoms with Gasteiger partial charge in [-0.3, -0.25) is 4.79 Å². The van der Waals surface area contributed by atoms with Gasteiger partial charge in [0.25, 0.3) is 5.91 Å². The van der Waals surface area contributed by atoms with Crippen LogP contribution in [0, 0.1) is 6.92 Å². The van der Waals surface area contributed by atoms with Crippen LogP contribution in [0.5, 0.6) is 0 Å². The lowest BCUT2D eigenvalue weighted by atomic mass is 10.1. The second-order valence-electron chi connectivity index (χ2n) is 4.88. The van der Waals surface area contributed by atoms with E-state index in [1.165, 1.54) is 6.26 Å². The van der Waals surface area contributed by atoms with Crippen molar-refractivity contribution >= 4 is 5.91 Å². The molecule has 0 bridgehead atoms. The lowest BCUT2D eigenvalue weighted by Gasteiger charge is -2.22. The van der Waals surface area contributed by atoms with Crippen LogP contribution in [0.15, 0.2) is 16.7 Å². The van der Waals surface area contributed by atoms with Crippen molar-refractivity contribution in [3.8, 4) is 0 Å². The second-order valence-corrected chi connectivity index (χ2v) is 4.88. The van der Waals surface area contributed by atoms with Gasteiger partial charge >= 0.3 is 0 Å². The van der Waals surface area contributed by atoms with Crippen LogP contribution < -0.4 is 10.6 Å². The van der Waals surface area contributed by atoms with Crippen LogP contribution in [0.3, 0.4) is 0 Å². The molecule has 1 fully saturated rings. The molecule has 0 radical (unpaired) electrons. The molecule has 19 heavy (non-hydrogen) atoms. The monoisotopic (exact) mass is 266 g/mol. The average Bonchev–Trinajstić information content (AvgIpc) is 2.86. The summed E-state index contributed by atoms with van der Waals surface area (Å²) < 4.78 is 10.9. The molecule has 1 saturated heterocycles. The molecule has 5 nitrogen and oxygen atoms in total. The van der Waals surface area contributed by atoms with Gasteiger partial charge in [-0.25, -0.2) is 0 Å². The maximum Gasteiger partial charge on any atom is 0.254 e. The van der Waals surface area contributed by atoms with Crippen LogP contribution in [0.4, 0.5) is 0 Å². The molecular formula is C14H22N2O3. The van der Waals surface area contributed by atoms with Crippen molar-refractivity contribution in [2.75, 3.05) is 26.2 Å². The fourth-order valence-corrected chi connectivity index (χ4v) is 2.15. The average molecular weight is 266 g/mol. The molecule has 0 atom stereocenters. The number of nitrogens with one attached hydrogen (secondary N) is 2. The number of carbonyl (C=O) groups excluding carboxylic acids is 1. The maximum absolute atomic E-state index is 11.7. The molecule has 2 heterocycles. The highest BCUT2D eigenvalue weighted by Crippen LogP contribution is 2.07. The van der Waals surface area contributed by atoms with Gasteiger partial charge in [-0.2, -0.15) is 0 Å². The first-order valence-corrected chi connectivity index (χ1v) is 6.91. The van der Waals surface area contributed by atoms with Gasteiger partial charge in [-0.1, -0.05) is 0 Å². The van der Waals surface area contributed by atoms with E-state index < -0.39 is 0 Å². The lowest BCUT2D eigenvalue weighted by Crippen LogP contribution is -2.33. The Morgan fingerprint density at radius 1 is 1.53 bits per heavy atom. The Balaban J connectivity index is 1.55. The van der Waals surface area contributed by atoms with E-state index >= 15 is 0 Å². The third-order valence-electron chi connectivity index (χ3n) is 3.24. The molecular weight excluding hydrogens is 244 g/mol. The predicted molar refractivity (Wildman–Crippen MR) is 72.2 cm³/mol. The summed E-state index contributed by atoms with van der Waals surface area (Å²) in [7, 11) is 0. The second kappa shape index (κ2) is 7.31. The number of furan rings is 1. The Morgan fingerprint density at radius 3 is 3.00 bits per heavy atom. The van der Waals surface area contributed by atoms with E-state index in [9.17, 15) is 4.79 Å². The fourth-order valence-electron chi connectivity index (χ4n) is 2.15. The molecule has 0 saturated carbocycles. The summed E-state index contributed by atoms with van der Waals surface area (Å²) in [6.07, 6.45) is 4.87. The van der Waals surface area contributed by atoms with Crippen LogP contribution in [0.1, 0.15) is 35.4 Å². The van der Waals surface area contributed by atoms with Gasteiger partial charge in [-0.05, 0) is 45.3 Å². The largest absolute Gasteiger partial charge is 0.469 e. The molecule has 106 valence electrons. The molecule has 1 aliphatic rings. The first kappa shape index (κ1) is 14.1. The highest BCUT2D eigenvalue weighted by Gasteiger charge is 2.12. The van der Waals surface area contributed by atoms with E-state index in [0.29, 0.717) is 24.8 Å². The minimum atomic E-state index is -0.0845. The minimum Gasteiger partial charge on any atom is -0.469 e. The van der Waals surface area contributed by atoms with Gasteiger partial charge in [0.15, 0.2) is 0 Å². The number of aryl methyl sites for hydroxylation is 1. The zero-order valence-electron chi connectivity index (χ0n) is 11.4. The molecule has 5 heteroatoms. The zero-order chi connectivity index (χ0) is 13.5. The lowest BCUT2D eigenvalue weighted by molar-refractivity contribution is 0.0318. The Bertz CT molecular complexity index is 397. The summed E-state index contributed by atoms with van der Waals surface area (Å²) >= 11 is 0. The third-order valence-corrected chi connectivity index (χ3v) is 3.24. The molecule has 1 aliphatic heterocycles. The smallest absolute Gasteiger partial charge is 0.254 e.